The van der Waals surface area contributed by atoms with Crippen LogP contribution in [-0.2, 0) is 11.3 Å². The third kappa shape index (κ3) is 4.04. The summed E-state index contributed by atoms with van der Waals surface area (Å²) in [6, 6.07) is 5.98. The van der Waals surface area contributed by atoms with Gasteiger partial charge in [0.2, 0.25) is 5.91 Å². The molecule has 1 aliphatic heterocycles. The predicted molar refractivity (Wildman–Crippen MR) is 75.6 cm³/mol. The quantitative estimate of drug-likeness (QED) is 0.897. The Bertz CT molecular complexity index is 501. The lowest BCUT2D eigenvalue weighted by Gasteiger charge is -2.32. The molecule has 0 radical (unpaired) electrons. The van der Waals surface area contributed by atoms with Gasteiger partial charge in [-0.3, -0.25) is 9.69 Å². The van der Waals surface area contributed by atoms with Crippen molar-refractivity contribution in [2.45, 2.75) is 26.3 Å². The Morgan fingerprint density at radius 2 is 2.30 bits per heavy atom. The van der Waals surface area contributed by atoms with Gasteiger partial charge in [-0.2, -0.15) is 5.26 Å². The predicted octanol–water partition coefficient (Wildman–Crippen LogP) is 1.30. The molecular formula is C15H20N4O. The van der Waals surface area contributed by atoms with Gasteiger partial charge in [0, 0.05) is 31.8 Å². The number of piperidine rings is 1. The fourth-order valence-corrected chi connectivity index (χ4v) is 2.54. The first kappa shape index (κ1) is 14.5. The SMILES string of the molecule is CC(=O)NCC1CCN(Cc2cccnc2C#N)CC1. The van der Waals surface area contributed by atoms with Crippen LogP contribution in [0.25, 0.3) is 0 Å². The molecule has 5 nitrogen and oxygen atoms in total. The Labute approximate surface area is 119 Å². The molecule has 0 bridgehead atoms. The van der Waals surface area contributed by atoms with Crippen molar-refractivity contribution in [3.05, 3.63) is 29.6 Å². The lowest BCUT2D eigenvalue weighted by molar-refractivity contribution is -0.119. The average Bonchev–Trinajstić information content (AvgIpc) is 2.47. The van der Waals surface area contributed by atoms with Crippen LogP contribution in [0.15, 0.2) is 18.3 Å². The number of nitrogens with zero attached hydrogens (tertiary/aromatic N) is 3. The van der Waals surface area contributed by atoms with Gasteiger partial charge in [-0.15, -0.1) is 0 Å². The Hall–Kier alpha value is -1.93. The molecule has 0 unspecified atom stereocenters. The monoisotopic (exact) mass is 272 g/mol. The second-order valence-corrected chi connectivity index (χ2v) is 5.28. The van der Waals surface area contributed by atoms with Crippen molar-refractivity contribution in [2.24, 2.45) is 5.92 Å². The van der Waals surface area contributed by atoms with Crippen LogP contribution in [0.1, 0.15) is 31.0 Å². The molecule has 1 aromatic rings. The van der Waals surface area contributed by atoms with Crippen molar-refractivity contribution in [1.82, 2.24) is 15.2 Å². The smallest absolute Gasteiger partial charge is 0.216 e. The van der Waals surface area contributed by atoms with Crippen LogP contribution in [0, 0.1) is 17.2 Å². The van der Waals surface area contributed by atoms with E-state index in [0.29, 0.717) is 11.6 Å². The molecule has 1 saturated heterocycles. The summed E-state index contributed by atoms with van der Waals surface area (Å²) >= 11 is 0. The molecule has 1 aromatic heterocycles. The first-order valence-electron chi connectivity index (χ1n) is 7.00. The normalized spacial score (nSPS) is 16.6. The Morgan fingerprint density at radius 3 is 2.95 bits per heavy atom. The number of nitriles is 1. The third-order valence-corrected chi connectivity index (χ3v) is 3.74. The Balaban J connectivity index is 1.83. The van der Waals surface area contributed by atoms with Gasteiger partial charge in [0.05, 0.1) is 0 Å². The maximum absolute atomic E-state index is 10.9. The second-order valence-electron chi connectivity index (χ2n) is 5.28. The highest BCUT2D eigenvalue weighted by Crippen LogP contribution is 2.19. The molecule has 2 heterocycles. The summed E-state index contributed by atoms with van der Waals surface area (Å²) < 4.78 is 0. The molecule has 0 aliphatic carbocycles. The zero-order chi connectivity index (χ0) is 14.4. The molecule has 0 atom stereocenters. The second kappa shape index (κ2) is 7.01. The van der Waals surface area contributed by atoms with Gasteiger partial charge in [-0.1, -0.05) is 6.07 Å². The fraction of sp³-hybridized carbons (Fsp3) is 0.533. The number of carbonyl (C=O) groups excluding carboxylic acids is 1. The van der Waals surface area contributed by atoms with Gasteiger partial charge in [0.15, 0.2) is 0 Å². The van der Waals surface area contributed by atoms with Crippen molar-refractivity contribution in [3.8, 4) is 6.07 Å². The van der Waals surface area contributed by atoms with Crippen LogP contribution in [0.2, 0.25) is 0 Å². The van der Waals surface area contributed by atoms with E-state index >= 15 is 0 Å². The molecule has 0 spiro atoms. The molecule has 1 N–H and O–H groups in total. The molecule has 5 heteroatoms. The van der Waals surface area contributed by atoms with Crippen LogP contribution >= 0.6 is 0 Å². The lowest BCUT2D eigenvalue weighted by Crippen LogP contribution is -2.38. The number of carbonyl (C=O) groups is 1. The summed E-state index contributed by atoms with van der Waals surface area (Å²) in [7, 11) is 0. The molecule has 1 amide bonds. The minimum absolute atomic E-state index is 0.0430. The summed E-state index contributed by atoms with van der Waals surface area (Å²) in [6.45, 7) is 5.12. The maximum atomic E-state index is 10.9. The number of hydrogen-bond donors (Lipinski definition) is 1. The van der Waals surface area contributed by atoms with E-state index in [4.69, 9.17) is 5.26 Å². The molecule has 1 fully saturated rings. The topological polar surface area (TPSA) is 69.0 Å². The van der Waals surface area contributed by atoms with Crippen LogP contribution in [0.3, 0.4) is 0 Å². The van der Waals surface area contributed by atoms with Crippen molar-refractivity contribution in [3.63, 3.8) is 0 Å². The fourth-order valence-electron chi connectivity index (χ4n) is 2.54. The summed E-state index contributed by atoms with van der Waals surface area (Å²) in [5.74, 6) is 0.612. The molecular weight excluding hydrogens is 252 g/mol. The number of amides is 1. The molecule has 20 heavy (non-hydrogen) atoms. The summed E-state index contributed by atoms with van der Waals surface area (Å²) in [5, 5.41) is 11.9. The van der Waals surface area contributed by atoms with Crippen molar-refractivity contribution in [2.75, 3.05) is 19.6 Å². The van der Waals surface area contributed by atoms with E-state index in [1.54, 1.807) is 13.1 Å². The number of rotatable bonds is 4. The molecule has 106 valence electrons. The highest BCUT2D eigenvalue weighted by molar-refractivity contribution is 5.72. The standard InChI is InChI=1S/C15H20N4O/c1-12(20)18-10-13-4-7-19(8-5-13)11-14-3-2-6-17-15(14)9-16/h2-3,6,13H,4-5,7-8,10-11H2,1H3,(H,18,20). The molecule has 2 rings (SSSR count). The summed E-state index contributed by atoms with van der Waals surface area (Å²) in [6.07, 6.45) is 3.83. The van der Waals surface area contributed by atoms with Gasteiger partial charge in [-0.25, -0.2) is 4.98 Å². The number of likely N-dealkylation sites (tertiary alicyclic amines) is 1. The molecule has 0 saturated carbocycles. The highest BCUT2D eigenvalue weighted by atomic mass is 16.1. The van der Waals surface area contributed by atoms with E-state index in [2.05, 4.69) is 21.3 Å². The number of aromatic nitrogens is 1. The lowest BCUT2D eigenvalue weighted by atomic mass is 9.96. The van der Waals surface area contributed by atoms with Crippen molar-refractivity contribution in [1.29, 1.82) is 5.26 Å². The van der Waals surface area contributed by atoms with Gasteiger partial charge in [-0.05, 0) is 37.9 Å². The zero-order valence-electron chi connectivity index (χ0n) is 11.8. The third-order valence-electron chi connectivity index (χ3n) is 3.74. The van der Waals surface area contributed by atoms with E-state index in [9.17, 15) is 4.79 Å². The van der Waals surface area contributed by atoms with Crippen LogP contribution < -0.4 is 5.32 Å². The van der Waals surface area contributed by atoms with E-state index in [1.807, 2.05) is 12.1 Å². The van der Waals surface area contributed by atoms with E-state index in [-0.39, 0.29) is 5.91 Å². The minimum atomic E-state index is 0.0430. The number of hydrogen-bond acceptors (Lipinski definition) is 4. The highest BCUT2D eigenvalue weighted by Gasteiger charge is 2.20. The maximum Gasteiger partial charge on any atom is 0.216 e. The van der Waals surface area contributed by atoms with Gasteiger partial charge < -0.3 is 5.32 Å². The summed E-state index contributed by atoms with van der Waals surface area (Å²) in [5.41, 5.74) is 1.52. The molecule has 0 aromatic carbocycles. The first-order valence-corrected chi connectivity index (χ1v) is 7.00. The first-order chi connectivity index (χ1) is 9.69. The average molecular weight is 272 g/mol. The van der Waals surface area contributed by atoms with Gasteiger partial charge >= 0.3 is 0 Å². The van der Waals surface area contributed by atoms with Crippen molar-refractivity contribution < 1.29 is 4.79 Å². The zero-order valence-corrected chi connectivity index (χ0v) is 11.8. The van der Waals surface area contributed by atoms with Crippen LogP contribution in [0.4, 0.5) is 0 Å². The van der Waals surface area contributed by atoms with Crippen molar-refractivity contribution >= 4 is 5.91 Å². The summed E-state index contributed by atoms with van der Waals surface area (Å²) in [4.78, 5) is 17.3. The molecule has 1 aliphatic rings. The number of nitrogens with one attached hydrogen (secondary N) is 1. The Morgan fingerprint density at radius 1 is 1.55 bits per heavy atom. The van der Waals surface area contributed by atoms with Crippen LogP contribution in [0.5, 0.6) is 0 Å². The van der Waals surface area contributed by atoms with Gasteiger partial charge in [0.1, 0.15) is 11.8 Å². The number of pyridine rings is 1. The van der Waals surface area contributed by atoms with Crippen LogP contribution in [-0.4, -0.2) is 35.4 Å². The Kier molecular flexibility index (Phi) is 5.08. The van der Waals surface area contributed by atoms with Gasteiger partial charge in [0.25, 0.3) is 0 Å². The minimum Gasteiger partial charge on any atom is -0.356 e. The van der Waals surface area contributed by atoms with E-state index in [1.165, 1.54) is 0 Å². The van der Waals surface area contributed by atoms with E-state index < -0.39 is 0 Å². The largest absolute Gasteiger partial charge is 0.356 e. The van der Waals surface area contributed by atoms with E-state index in [0.717, 1.165) is 44.6 Å².